The van der Waals surface area contributed by atoms with Gasteiger partial charge in [0.15, 0.2) is 0 Å². The van der Waals surface area contributed by atoms with Crippen molar-refractivity contribution in [3.63, 3.8) is 0 Å². The third-order valence-electron chi connectivity index (χ3n) is 2.17. The molecule has 5 heteroatoms. The first-order valence-corrected chi connectivity index (χ1v) is 5.93. The average Bonchev–Trinajstić information content (AvgIpc) is 2.44. The normalized spacial score (nSPS) is 9.47. The molecule has 1 aromatic carbocycles. The van der Waals surface area contributed by atoms with Crippen molar-refractivity contribution in [2.45, 2.75) is 13.0 Å². The summed E-state index contributed by atoms with van der Waals surface area (Å²) < 4.78 is 9.73. The lowest BCUT2D eigenvalue weighted by Crippen LogP contribution is -2.27. The fraction of sp³-hybridized carbons (Fsp3) is 0.286. The van der Waals surface area contributed by atoms with E-state index in [1.54, 1.807) is 0 Å². The van der Waals surface area contributed by atoms with Gasteiger partial charge in [0.1, 0.15) is 13.2 Å². The molecule has 1 rings (SSSR count). The van der Waals surface area contributed by atoms with E-state index in [9.17, 15) is 9.59 Å². The van der Waals surface area contributed by atoms with Crippen LogP contribution in [0, 0.1) is 0 Å². The van der Waals surface area contributed by atoms with Crippen LogP contribution < -0.4 is 5.32 Å². The van der Waals surface area contributed by atoms with E-state index in [-0.39, 0.29) is 32.1 Å². The molecule has 0 fully saturated rings. The zero-order valence-corrected chi connectivity index (χ0v) is 10.6. The quantitative estimate of drug-likeness (QED) is 0.604. The van der Waals surface area contributed by atoms with Crippen molar-refractivity contribution in [1.82, 2.24) is 5.32 Å². The van der Waals surface area contributed by atoms with Gasteiger partial charge in [0.25, 0.3) is 0 Å². The van der Waals surface area contributed by atoms with E-state index in [0.29, 0.717) is 0 Å². The SMILES string of the molecule is C=CCOC(=O)CCNC(=O)OCc1ccccc1. The number of carbonyl (C=O) groups excluding carboxylic acids is 2. The molecule has 0 aliphatic rings. The molecule has 0 atom stereocenters. The number of hydrogen-bond donors (Lipinski definition) is 1. The van der Waals surface area contributed by atoms with Crippen molar-refractivity contribution >= 4 is 12.1 Å². The Morgan fingerprint density at radius 3 is 2.63 bits per heavy atom. The van der Waals surface area contributed by atoms with Crippen LogP contribution in [0.25, 0.3) is 0 Å². The molecule has 0 aliphatic carbocycles. The number of alkyl carbamates (subject to hydrolysis) is 1. The molecule has 1 aromatic rings. The van der Waals surface area contributed by atoms with Gasteiger partial charge < -0.3 is 14.8 Å². The van der Waals surface area contributed by atoms with Crippen molar-refractivity contribution in [2.75, 3.05) is 13.2 Å². The first kappa shape index (κ1) is 14.8. The van der Waals surface area contributed by atoms with Crippen molar-refractivity contribution in [3.8, 4) is 0 Å². The Morgan fingerprint density at radius 1 is 1.21 bits per heavy atom. The van der Waals surface area contributed by atoms with Crippen LogP contribution in [0.2, 0.25) is 0 Å². The second-order valence-electron chi connectivity index (χ2n) is 3.71. The summed E-state index contributed by atoms with van der Waals surface area (Å²) in [5, 5.41) is 2.47. The predicted octanol–water partition coefficient (Wildman–Crippen LogP) is 2.03. The Balaban J connectivity index is 2.11. The molecule has 0 saturated heterocycles. The van der Waals surface area contributed by atoms with E-state index >= 15 is 0 Å². The first-order valence-electron chi connectivity index (χ1n) is 5.93. The summed E-state index contributed by atoms with van der Waals surface area (Å²) in [6.45, 7) is 3.99. The van der Waals surface area contributed by atoms with Gasteiger partial charge in [-0.05, 0) is 5.56 Å². The van der Waals surface area contributed by atoms with Gasteiger partial charge in [0.05, 0.1) is 6.42 Å². The van der Waals surface area contributed by atoms with Gasteiger partial charge in [0.2, 0.25) is 0 Å². The van der Waals surface area contributed by atoms with Gasteiger partial charge in [-0.3, -0.25) is 4.79 Å². The number of ether oxygens (including phenoxy) is 2. The molecule has 1 amide bonds. The third-order valence-corrected chi connectivity index (χ3v) is 2.17. The summed E-state index contributed by atoms with van der Waals surface area (Å²) >= 11 is 0. The molecule has 0 aliphatic heterocycles. The van der Waals surface area contributed by atoms with E-state index in [0.717, 1.165) is 5.56 Å². The molecule has 5 nitrogen and oxygen atoms in total. The monoisotopic (exact) mass is 263 g/mol. The summed E-state index contributed by atoms with van der Waals surface area (Å²) in [4.78, 5) is 22.4. The maximum absolute atomic E-state index is 11.3. The molecule has 0 aromatic heterocycles. The number of amides is 1. The maximum atomic E-state index is 11.3. The van der Waals surface area contributed by atoms with Crippen LogP contribution in [0.3, 0.4) is 0 Å². The number of hydrogen-bond acceptors (Lipinski definition) is 4. The Kier molecular flexibility index (Phi) is 6.79. The van der Waals surface area contributed by atoms with Gasteiger partial charge in [-0.25, -0.2) is 4.79 Å². The third kappa shape index (κ3) is 6.88. The lowest BCUT2D eigenvalue weighted by molar-refractivity contribution is -0.142. The average molecular weight is 263 g/mol. The standard InChI is InChI=1S/C14H17NO4/c1-2-10-18-13(16)8-9-15-14(17)19-11-12-6-4-3-5-7-12/h2-7H,1,8-11H2,(H,15,17). The lowest BCUT2D eigenvalue weighted by atomic mass is 10.2. The fourth-order valence-corrected chi connectivity index (χ4v) is 1.26. The Labute approximate surface area is 112 Å². The van der Waals surface area contributed by atoms with Crippen LogP contribution >= 0.6 is 0 Å². The maximum Gasteiger partial charge on any atom is 0.407 e. The van der Waals surface area contributed by atoms with Crippen LogP contribution in [0.15, 0.2) is 43.0 Å². The van der Waals surface area contributed by atoms with Crippen LogP contribution in [0.4, 0.5) is 4.79 Å². The minimum absolute atomic E-state index is 0.105. The summed E-state index contributed by atoms with van der Waals surface area (Å²) in [5.41, 5.74) is 0.906. The van der Waals surface area contributed by atoms with Gasteiger partial charge in [-0.1, -0.05) is 43.0 Å². The van der Waals surface area contributed by atoms with Gasteiger partial charge in [0, 0.05) is 6.54 Å². The van der Waals surface area contributed by atoms with Gasteiger partial charge in [-0.15, -0.1) is 0 Å². The Hall–Kier alpha value is -2.30. The number of esters is 1. The highest BCUT2D eigenvalue weighted by Gasteiger charge is 2.05. The molecule has 0 spiro atoms. The largest absolute Gasteiger partial charge is 0.461 e. The number of nitrogens with one attached hydrogen (secondary N) is 1. The smallest absolute Gasteiger partial charge is 0.407 e. The molecule has 102 valence electrons. The topological polar surface area (TPSA) is 64.6 Å². The second-order valence-corrected chi connectivity index (χ2v) is 3.71. The molecule has 0 radical (unpaired) electrons. The van der Waals surface area contributed by atoms with E-state index in [4.69, 9.17) is 9.47 Å². The zero-order valence-electron chi connectivity index (χ0n) is 10.6. The number of rotatable bonds is 7. The Morgan fingerprint density at radius 2 is 1.95 bits per heavy atom. The second kappa shape index (κ2) is 8.74. The molecular weight excluding hydrogens is 246 g/mol. The van der Waals surface area contributed by atoms with Crippen molar-refractivity contribution < 1.29 is 19.1 Å². The fourth-order valence-electron chi connectivity index (χ4n) is 1.26. The summed E-state index contributed by atoms with van der Waals surface area (Å²) in [6.07, 6.45) is 1.04. The highest BCUT2D eigenvalue weighted by molar-refractivity contribution is 5.71. The van der Waals surface area contributed by atoms with Crippen LogP contribution in [-0.4, -0.2) is 25.2 Å². The minimum Gasteiger partial charge on any atom is -0.461 e. The van der Waals surface area contributed by atoms with Crippen molar-refractivity contribution in [3.05, 3.63) is 48.6 Å². The molecule has 0 bridgehead atoms. The van der Waals surface area contributed by atoms with E-state index in [1.807, 2.05) is 30.3 Å². The van der Waals surface area contributed by atoms with Crippen LogP contribution in [0.5, 0.6) is 0 Å². The van der Waals surface area contributed by atoms with Crippen LogP contribution in [-0.2, 0) is 20.9 Å². The molecule has 0 unspecified atom stereocenters. The highest BCUT2D eigenvalue weighted by atomic mass is 16.5. The molecule has 19 heavy (non-hydrogen) atoms. The zero-order chi connectivity index (χ0) is 13.9. The van der Waals surface area contributed by atoms with Crippen molar-refractivity contribution in [1.29, 1.82) is 0 Å². The Bertz CT molecular complexity index is 417. The first-order chi connectivity index (χ1) is 9.22. The van der Waals surface area contributed by atoms with Gasteiger partial charge >= 0.3 is 12.1 Å². The highest BCUT2D eigenvalue weighted by Crippen LogP contribution is 2.00. The summed E-state index contributed by atoms with van der Waals surface area (Å²) in [6, 6.07) is 9.34. The molecule has 0 heterocycles. The summed E-state index contributed by atoms with van der Waals surface area (Å²) in [7, 11) is 0. The molecular formula is C14H17NO4. The summed E-state index contributed by atoms with van der Waals surface area (Å²) in [5.74, 6) is -0.386. The lowest BCUT2D eigenvalue weighted by Gasteiger charge is -2.06. The number of carbonyl (C=O) groups is 2. The molecule has 0 saturated carbocycles. The van der Waals surface area contributed by atoms with E-state index in [2.05, 4.69) is 11.9 Å². The van der Waals surface area contributed by atoms with E-state index < -0.39 is 6.09 Å². The predicted molar refractivity (Wildman–Crippen MR) is 70.4 cm³/mol. The van der Waals surface area contributed by atoms with Crippen molar-refractivity contribution in [2.24, 2.45) is 0 Å². The molecule has 1 N–H and O–H groups in total. The number of benzene rings is 1. The van der Waals surface area contributed by atoms with E-state index in [1.165, 1.54) is 6.08 Å². The van der Waals surface area contributed by atoms with Gasteiger partial charge in [-0.2, -0.15) is 0 Å². The van der Waals surface area contributed by atoms with Crippen LogP contribution in [0.1, 0.15) is 12.0 Å². The minimum atomic E-state index is -0.555.